The summed E-state index contributed by atoms with van der Waals surface area (Å²) in [5.41, 5.74) is 0. The lowest BCUT2D eigenvalue weighted by molar-refractivity contribution is -0.132. The van der Waals surface area contributed by atoms with Crippen molar-refractivity contribution in [1.82, 2.24) is 4.90 Å². The molecule has 0 aliphatic heterocycles. The Bertz CT molecular complexity index is 169. The van der Waals surface area contributed by atoms with Crippen LogP contribution in [0.25, 0.3) is 0 Å². The molecule has 0 aliphatic rings. The molecule has 0 aromatic rings. The Morgan fingerprint density at radius 1 is 1.40 bits per heavy atom. The van der Waals surface area contributed by atoms with Crippen LogP contribution in [0.2, 0.25) is 0 Å². The number of hydrogen-bond acceptors (Lipinski definition) is 2. The van der Waals surface area contributed by atoms with E-state index in [2.05, 4.69) is 6.92 Å². The molecule has 0 radical (unpaired) electrons. The molecule has 3 heteroatoms. The van der Waals surface area contributed by atoms with Crippen molar-refractivity contribution in [1.29, 1.82) is 0 Å². The molecule has 0 aliphatic carbocycles. The Morgan fingerprint density at radius 2 is 1.93 bits per heavy atom. The maximum atomic E-state index is 11.4. The molecule has 1 unspecified atom stereocenters. The first kappa shape index (κ1) is 16.6. The van der Waals surface area contributed by atoms with Gasteiger partial charge in [-0.05, 0) is 6.42 Å². The summed E-state index contributed by atoms with van der Waals surface area (Å²) in [7, 11) is 1.79. The fraction of sp³-hybridized carbons (Fsp3) is 0.833. The number of carbonyl (C=O) groups is 2. The van der Waals surface area contributed by atoms with E-state index in [1.54, 1.807) is 18.9 Å². The van der Waals surface area contributed by atoms with E-state index in [4.69, 9.17) is 0 Å². The number of hydrogen-bond donors (Lipinski definition) is 0. The molecule has 1 atom stereocenters. The summed E-state index contributed by atoms with van der Waals surface area (Å²) in [6.07, 6.45) is 3.27. The Morgan fingerprint density at radius 3 is 2.33 bits per heavy atom. The summed E-state index contributed by atoms with van der Waals surface area (Å²) in [6.45, 7) is 8.64. The normalized spacial score (nSPS) is 11.0. The molecule has 0 rings (SSSR count). The molecular formula is C12H25NO2. The van der Waals surface area contributed by atoms with Gasteiger partial charge in [0, 0.05) is 25.9 Å². The highest BCUT2D eigenvalue weighted by Gasteiger charge is 2.11. The zero-order chi connectivity index (χ0) is 12.3. The molecule has 90 valence electrons. The van der Waals surface area contributed by atoms with E-state index in [1.807, 2.05) is 13.8 Å². The topological polar surface area (TPSA) is 37.4 Å². The number of rotatable bonds is 6. The average molecular weight is 215 g/mol. The predicted molar refractivity (Wildman–Crippen MR) is 63.7 cm³/mol. The largest absolute Gasteiger partial charge is 0.346 e. The molecule has 1 amide bonds. The molecule has 0 bridgehead atoms. The molecule has 0 spiro atoms. The molecule has 0 saturated heterocycles. The van der Waals surface area contributed by atoms with E-state index >= 15 is 0 Å². The third kappa shape index (κ3) is 9.44. The standard InChI is InChI=1S/C10H19NO2.C2H6/c1-4-5-6-11(3)10(13)7-9(2)8-12;1-2/h8-9H,4-7H2,1-3H3;1-2H3. The predicted octanol–water partition coefficient (Wildman–Crippen LogP) is 2.50. The Hall–Kier alpha value is -0.860. The maximum absolute atomic E-state index is 11.4. The highest BCUT2D eigenvalue weighted by atomic mass is 16.2. The van der Waals surface area contributed by atoms with Crippen molar-refractivity contribution in [3.05, 3.63) is 0 Å². The monoisotopic (exact) mass is 215 g/mol. The van der Waals surface area contributed by atoms with E-state index in [9.17, 15) is 9.59 Å². The molecule has 15 heavy (non-hydrogen) atoms. The first-order valence-corrected chi connectivity index (χ1v) is 5.81. The average Bonchev–Trinajstić information content (AvgIpc) is 2.28. The summed E-state index contributed by atoms with van der Waals surface area (Å²) >= 11 is 0. The molecular weight excluding hydrogens is 190 g/mol. The molecule has 0 heterocycles. The van der Waals surface area contributed by atoms with E-state index in [1.165, 1.54) is 0 Å². The van der Waals surface area contributed by atoms with Crippen LogP contribution in [0.15, 0.2) is 0 Å². The minimum atomic E-state index is -0.156. The van der Waals surface area contributed by atoms with Gasteiger partial charge in [0.15, 0.2) is 0 Å². The maximum Gasteiger partial charge on any atom is 0.223 e. The van der Waals surface area contributed by atoms with Gasteiger partial charge in [0.2, 0.25) is 5.91 Å². The number of carbonyl (C=O) groups excluding carboxylic acids is 2. The Labute approximate surface area is 93.8 Å². The molecule has 0 saturated carbocycles. The number of aldehydes is 1. The van der Waals surface area contributed by atoms with Gasteiger partial charge in [-0.25, -0.2) is 0 Å². The summed E-state index contributed by atoms with van der Waals surface area (Å²) in [4.78, 5) is 23.4. The van der Waals surface area contributed by atoms with Crippen molar-refractivity contribution in [2.24, 2.45) is 5.92 Å². The lowest BCUT2D eigenvalue weighted by Gasteiger charge is -2.17. The fourth-order valence-electron chi connectivity index (χ4n) is 0.999. The van der Waals surface area contributed by atoms with E-state index in [0.29, 0.717) is 6.42 Å². The Kier molecular flexibility index (Phi) is 12.4. The quantitative estimate of drug-likeness (QED) is 0.638. The van der Waals surface area contributed by atoms with Crippen LogP contribution < -0.4 is 0 Å². The van der Waals surface area contributed by atoms with Crippen molar-refractivity contribution < 1.29 is 9.59 Å². The first-order valence-electron chi connectivity index (χ1n) is 5.81. The molecule has 0 aromatic heterocycles. The third-order valence-corrected chi connectivity index (χ3v) is 2.00. The van der Waals surface area contributed by atoms with Gasteiger partial charge in [0.05, 0.1) is 0 Å². The third-order valence-electron chi connectivity index (χ3n) is 2.00. The van der Waals surface area contributed by atoms with Gasteiger partial charge >= 0.3 is 0 Å². The molecule has 0 fully saturated rings. The minimum Gasteiger partial charge on any atom is -0.346 e. The second-order valence-electron chi connectivity index (χ2n) is 3.49. The second-order valence-corrected chi connectivity index (χ2v) is 3.49. The first-order chi connectivity index (χ1) is 7.11. The van der Waals surface area contributed by atoms with Crippen LogP contribution in [0.1, 0.15) is 47.0 Å². The molecule has 3 nitrogen and oxygen atoms in total. The number of amides is 1. The van der Waals surface area contributed by atoms with Crippen LogP contribution in [-0.2, 0) is 9.59 Å². The van der Waals surface area contributed by atoms with Crippen LogP contribution in [0, 0.1) is 5.92 Å². The second kappa shape index (κ2) is 11.2. The van der Waals surface area contributed by atoms with Crippen molar-refractivity contribution in [2.75, 3.05) is 13.6 Å². The highest BCUT2D eigenvalue weighted by molar-refractivity contribution is 5.78. The minimum absolute atomic E-state index is 0.0630. The fourth-order valence-corrected chi connectivity index (χ4v) is 0.999. The van der Waals surface area contributed by atoms with Crippen LogP contribution in [-0.4, -0.2) is 30.7 Å². The van der Waals surface area contributed by atoms with Crippen molar-refractivity contribution in [3.8, 4) is 0 Å². The summed E-state index contributed by atoms with van der Waals surface area (Å²) in [5, 5.41) is 0. The van der Waals surface area contributed by atoms with Crippen molar-refractivity contribution in [3.63, 3.8) is 0 Å². The van der Waals surface area contributed by atoms with Crippen molar-refractivity contribution >= 4 is 12.2 Å². The van der Waals surface area contributed by atoms with Gasteiger partial charge < -0.3 is 9.69 Å². The van der Waals surface area contributed by atoms with Crippen LogP contribution >= 0.6 is 0 Å². The summed E-state index contributed by atoms with van der Waals surface area (Å²) in [6, 6.07) is 0. The van der Waals surface area contributed by atoms with Gasteiger partial charge in [0.25, 0.3) is 0 Å². The zero-order valence-electron chi connectivity index (χ0n) is 10.7. The van der Waals surface area contributed by atoms with Crippen LogP contribution in [0.4, 0.5) is 0 Å². The zero-order valence-corrected chi connectivity index (χ0v) is 10.7. The van der Waals surface area contributed by atoms with Gasteiger partial charge in [-0.2, -0.15) is 0 Å². The number of nitrogens with zero attached hydrogens (tertiary/aromatic N) is 1. The summed E-state index contributed by atoms with van der Waals surface area (Å²) in [5.74, 6) is -0.0929. The van der Waals surface area contributed by atoms with Crippen LogP contribution in [0.3, 0.4) is 0 Å². The van der Waals surface area contributed by atoms with Gasteiger partial charge in [-0.3, -0.25) is 4.79 Å². The van der Waals surface area contributed by atoms with E-state index in [0.717, 1.165) is 25.7 Å². The van der Waals surface area contributed by atoms with Crippen molar-refractivity contribution in [2.45, 2.75) is 47.0 Å². The summed E-state index contributed by atoms with van der Waals surface area (Å²) < 4.78 is 0. The van der Waals surface area contributed by atoms with E-state index in [-0.39, 0.29) is 11.8 Å². The lowest BCUT2D eigenvalue weighted by atomic mass is 10.1. The highest BCUT2D eigenvalue weighted by Crippen LogP contribution is 2.02. The van der Waals surface area contributed by atoms with Gasteiger partial charge in [-0.15, -0.1) is 0 Å². The number of unbranched alkanes of at least 4 members (excludes halogenated alkanes) is 1. The Balaban J connectivity index is 0. The van der Waals surface area contributed by atoms with Gasteiger partial charge in [0.1, 0.15) is 6.29 Å². The molecule has 0 N–H and O–H groups in total. The SMILES string of the molecule is CC.CCCCN(C)C(=O)CC(C)C=O. The smallest absolute Gasteiger partial charge is 0.223 e. The molecule has 0 aromatic carbocycles. The lowest BCUT2D eigenvalue weighted by Crippen LogP contribution is -2.29. The van der Waals surface area contributed by atoms with E-state index < -0.39 is 0 Å². The van der Waals surface area contributed by atoms with Gasteiger partial charge in [-0.1, -0.05) is 34.1 Å². The van der Waals surface area contributed by atoms with Crippen LogP contribution in [0.5, 0.6) is 0 Å².